The molecule has 0 aliphatic heterocycles. The van der Waals surface area contributed by atoms with Gasteiger partial charge in [0.1, 0.15) is 0 Å². The van der Waals surface area contributed by atoms with Crippen LogP contribution in [0.5, 0.6) is 0 Å². The highest BCUT2D eigenvalue weighted by Gasteiger charge is 2.19. The van der Waals surface area contributed by atoms with E-state index in [0.717, 1.165) is 31.5 Å². The molecule has 0 radical (unpaired) electrons. The summed E-state index contributed by atoms with van der Waals surface area (Å²) in [6.07, 6.45) is 7.76. The predicted molar refractivity (Wildman–Crippen MR) is 69.1 cm³/mol. The van der Waals surface area contributed by atoms with Crippen molar-refractivity contribution in [3.05, 3.63) is 0 Å². The number of hydrogen-bond donors (Lipinski definition) is 1. The maximum Gasteiger partial charge on any atom is 0.0697 e. The summed E-state index contributed by atoms with van der Waals surface area (Å²) in [6, 6.07) is 0. The van der Waals surface area contributed by atoms with Crippen LogP contribution in [-0.2, 0) is 9.47 Å². The highest BCUT2D eigenvalue weighted by molar-refractivity contribution is 4.71. The molecule has 1 aliphatic rings. The van der Waals surface area contributed by atoms with Gasteiger partial charge in [-0.25, -0.2) is 0 Å². The first-order valence-electron chi connectivity index (χ1n) is 7.13. The maximum atomic E-state index is 8.52. The van der Waals surface area contributed by atoms with Crippen LogP contribution < -0.4 is 0 Å². The monoisotopic (exact) mass is 244 g/mol. The van der Waals surface area contributed by atoms with Crippen LogP contribution in [0.1, 0.15) is 45.4 Å². The second-order valence-corrected chi connectivity index (χ2v) is 5.06. The van der Waals surface area contributed by atoms with E-state index in [2.05, 4.69) is 6.92 Å². The minimum atomic E-state index is 0.113. The molecule has 0 saturated heterocycles. The Morgan fingerprint density at radius 1 is 0.941 bits per heavy atom. The Kier molecular flexibility index (Phi) is 8.67. The Hall–Kier alpha value is -0.120. The first-order valence-corrected chi connectivity index (χ1v) is 7.13. The number of hydrogen-bond acceptors (Lipinski definition) is 3. The van der Waals surface area contributed by atoms with E-state index in [1.165, 1.54) is 32.1 Å². The quantitative estimate of drug-likeness (QED) is 0.634. The van der Waals surface area contributed by atoms with Gasteiger partial charge < -0.3 is 14.6 Å². The SMILES string of the molecule is CCC1CCC(COCCCOCCO)CC1. The van der Waals surface area contributed by atoms with Crippen LogP contribution in [0, 0.1) is 11.8 Å². The molecule has 0 unspecified atom stereocenters. The van der Waals surface area contributed by atoms with E-state index in [4.69, 9.17) is 14.6 Å². The summed E-state index contributed by atoms with van der Waals surface area (Å²) in [6.45, 7) is 5.27. The van der Waals surface area contributed by atoms with Crippen molar-refractivity contribution in [2.75, 3.05) is 33.0 Å². The molecule has 1 aliphatic carbocycles. The fourth-order valence-electron chi connectivity index (χ4n) is 2.49. The highest BCUT2D eigenvalue weighted by Crippen LogP contribution is 2.30. The second-order valence-electron chi connectivity index (χ2n) is 5.06. The summed E-state index contributed by atoms with van der Waals surface area (Å²) in [7, 11) is 0. The van der Waals surface area contributed by atoms with Gasteiger partial charge in [-0.3, -0.25) is 0 Å². The van der Waals surface area contributed by atoms with Crippen molar-refractivity contribution in [3.8, 4) is 0 Å². The Morgan fingerprint density at radius 3 is 2.24 bits per heavy atom. The minimum Gasteiger partial charge on any atom is -0.394 e. The van der Waals surface area contributed by atoms with Gasteiger partial charge in [0, 0.05) is 19.8 Å². The van der Waals surface area contributed by atoms with Gasteiger partial charge in [0.25, 0.3) is 0 Å². The molecule has 0 aromatic rings. The second kappa shape index (κ2) is 9.86. The fraction of sp³-hybridized carbons (Fsp3) is 1.00. The van der Waals surface area contributed by atoms with Gasteiger partial charge in [-0.2, -0.15) is 0 Å². The van der Waals surface area contributed by atoms with E-state index in [1.807, 2.05) is 0 Å². The Balaban J connectivity index is 1.87. The van der Waals surface area contributed by atoms with Gasteiger partial charge in [0.15, 0.2) is 0 Å². The minimum absolute atomic E-state index is 0.113. The van der Waals surface area contributed by atoms with Crippen molar-refractivity contribution in [2.45, 2.75) is 45.4 Å². The lowest BCUT2D eigenvalue weighted by molar-refractivity contribution is 0.0453. The van der Waals surface area contributed by atoms with Crippen molar-refractivity contribution >= 4 is 0 Å². The fourth-order valence-corrected chi connectivity index (χ4v) is 2.49. The first-order chi connectivity index (χ1) is 8.36. The molecule has 1 rings (SSSR count). The van der Waals surface area contributed by atoms with Crippen LogP contribution in [0.3, 0.4) is 0 Å². The third-order valence-corrected chi connectivity index (χ3v) is 3.71. The lowest BCUT2D eigenvalue weighted by Crippen LogP contribution is -2.19. The van der Waals surface area contributed by atoms with Gasteiger partial charge in [0.2, 0.25) is 0 Å². The van der Waals surface area contributed by atoms with Crippen molar-refractivity contribution in [1.29, 1.82) is 0 Å². The number of aliphatic hydroxyl groups is 1. The molecule has 1 N–H and O–H groups in total. The Labute approximate surface area is 105 Å². The maximum absolute atomic E-state index is 8.52. The van der Waals surface area contributed by atoms with Crippen molar-refractivity contribution < 1.29 is 14.6 Å². The van der Waals surface area contributed by atoms with Crippen LogP contribution in [0.25, 0.3) is 0 Å². The van der Waals surface area contributed by atoms with E-state index in [9.17, 15) is 0 Å². The van der Waals surface area contributed by atoms with E-state index in [-0.39, 0.29) is 6.61 Å². The topological polar surface area (TPSA) is 38.7 Å². The van der Waals surface area contributed by atoms with Crippen LogP contribution >= 0.6 is 0 Å². The molecule has 102 valence electrons. The zero-order valence-corrected chi connectivity index (χ0v) is 11.2. The smallest absolute Gasteiger partial charge is 0.0697 e. The first kappa shape index (κ1) is 14.9. The molecular formula is C14H28O3. The summed E-state index contributed by atoms with van der Waals surface area (Å²) in [5, 5.41) is 8.52. The summed E-state index contributed by atoms with van der Waals surface area (Å²) >= 11 is 0. The molecule has 0 amide bonds. The molecule has 1 fully saturated rings. The number of aliphatic hydroxyl groups excluding tert-OH is 1. The molecule has 17 heavy (non-hydrogen) atoms. The van der Waals surface area contributed by atoms with E-state index in [1.54, 1.807) is 0 Å². The molecule has 3 heteroatoms. The summed E-state index contributed by atoms with van der Waals surface area (Å²) in [5.41, 5.74) is 0. The number of rotatable bonds is 9. The van der Waals surface area contributed by atoms with E-state index in [0.29, 0.717) is 13.2 Å². The largest absolute Gasteiger partial charge is 0.394 e. The lowest BCUT2D eigenvalue weighted by Gasteiger charge is -2.27. The van der Waals surface area contributed by atoms with Crippen LogP contribution in [-0.4, -0.2) is 38.1 Å². The average molecular weight is 244 g/mol. The Bertz CT molecular complexity index is 165. The third-order valence-electron chi connectivity index (χ3n) is 3.71. The average Bonchev–Trinajstić information content (AvgIpc) is 2.38. The summed E-state index contributed by atoms with van der Waals surface area (Å²) in [5.74, 6) is 1.76. The van der Waals surface area contributed by atoms with E-state index >= 15 is 0 Å². The van der Waals surface area contributed by atoms with Gasteiger partial charge in [-0.15, -0.1) is 0 Å². The standard InChI is InChI=1S/C14H28O3/c1-2-13-4-6-14(7-5-13)12-17-10-3-9-16-11-8-15/h13-15H,2-12H2,1H3. The zero-order valence-electron chi connectivity index (χ0n) is 11.2. The molecule has 0 aromatic carbocycles. The normalized spacial score (nSPS) is 25.1. The molecule has 0 spiro atoms. The Morgan fingerprint density at radius 2 is 1.59 bits per heavy atom. The van der Waals surface area contributed by atoms with E-state index < -0.39 is 0 Å². The third kappa shape index (κ3) is 7.02. The van der Waals surface area contributed by atoms with Gasteiger partial charge >= 0.3 is 0 Å². The molecular weight excluding hydrogens is 216 g/mol. The van der Waals surface area contributed by atoms with Gasteiger partial charge in [-0.1, -0.05) is 26.2 Å². The van der Waals surface area contributed by atoms with Crippen LogP contribution in [0.15, 0.2) is 0 Å². The van der Waals surface area contributed by atoms with Crippen molar-refractivity contribution in [1.82, 2.24) is 0 Å². The van der Waals surface area contributed by atoms with Crippen molar-refractivity contribution in [3.63, 3.8) is 0 Å². The van der Waals surface area contributed by atoms with Crippen LogP contribution in [0.2, 0.25) is 0 Å². The van der Waals surface area contributed by atoms with Crippen LogP contribution in [0.4, 0.5) is 0 Å². The zero-order chi connectivity index (χ0) is 12.3. The van der Waals surface area contributed by atoms with Gasteiger partial charge in [-0.05, 0) is 31.1 Å². The van der Waals surface area contributed by atoms with Gasteiger partial charge in [0.05, 0.1) is 13.2 Å². The molecule has 0 bridgehead atoms. The molecule has 0 atom stereocenters. The molecule has 0 heterocycles. The van der Waals surface area contributed by atoms with Crippen molar-refractivity contribution in [2.24, 2.45) is 11.8 Å². The summed E-state index contributed by atoms with van der Waals surface area (Å²) < 4.78 is 10.9. The summed E-state index contributed by atoms with van der Waals surface area (Å²) in [4.78, 5) is 0. The number of ether oxygens (including phenoxy) is 2. The lowest BCUT2D eigenvalue weighted by atomic mass is 9.81. The predicted octanol–water partition coefficient (Wildman–Crippen LogP) is 2.62. The highest BCUT2D eigenvalue weighted by atomic mass is 16.5. The molecule has 0 aromatic heterocycles. The molecule has 3 nitrogen and oxygen atoms in total. The molecule has 1 saturated carbocycles.